The highest BCUT2D eigenvalue weighted by atomic mass is 16.5. The Morgan fingerprint density at radius 3 is 2.69 bits per heavy atom. The second kappa shape index (κ2) is 14.1. The molecule has 146 valence electrons. The van der Waals surface area contributed by atoms with Crippen molar-refractivity contribution in [2.24, 2.45) is 4.99 Å². The molecule has 0 unspecified atom stereocenters. The molecule has 0 aromatic heterocycles. The molecule has 0 fully saturated rings. The van der Waals surface area contributed by atoms with Crippen LogP contribution in [-0.2, 0) is 11.2 Å². The van der Waals surface area contributed by atoms with Gasteiger partial charge in [0, 0.05) is 45.5 Å². The summed E-state index contributed by atoms with van der Waals surface area (Å²) >= 11 is 0. The van der Waals surface area contributed by atoms with Crippen molar-refractivity contribution in [3.05, 3.63) is 35.4 Å². The number of nitrogens with zero attached hydrogens (tertiary/aromatic N) is 1. The van der Waals surface area contributed by atoms with E-state index in [1.165, 1.54) is 6.42 Å². The Kier molecular flexibility index (Phi) is 11.9. The van der Waals surface area contributed by atoms with E-state index in [0.29, 0.717) is 5.56 Å². The molecular weight excluding hydrogens is 328 g/mol. The molecule has 26 heavy (non-hydrogen) atoms. The fourth-order valence-corrected chi connectivity index (χ4v) is 2.39. The van der Waals surface area contributed by atoms with Crippen molar-refractivity contribution in [1.29, 1.82) is 0 Å². The van der Waals surface area contributed by atoms with Gasteiger partial charge in [-0.25, -0.2) is 0 Å². The van der Waals surface area contributed by atoms with E-state index >= 15 is 0 Å². The number of hydrogen-bond acceptors (Lipinski definition) is 3. The number of rotatable bonds is 12. The number of guanidine groups is 1. The van der Waals surface area contributed by atoms with Crippen molar-refractivity contribution in [1.82, 2.24) is 16.0 Å². The lowest BCUT2D eigenvalue weighted by Crippen LogP contribution is -2.38. The summed E-state index contributed by atoms with van der Waals surface area (Å²) in [6, 6.07) is 7.70. The minimum atomic E-state index is -0.0594. The van der Waals surface area contributed by atoms with Crippen LogP contribution in [0.15, 0.2) is 29.3 Å². The maximum absolute atomic E-state index is 11.7. The van der Waals surface area contributed by atoms with Gasteiger partial charge >= 0.3 is 0 Å². The van der Waals surface area contributed by atoms with Gasteiger partial charge in [0.05, 0.1) is 0 Å². The van der Waals surface area contributed by atoms with Gasteiger partial charge in [-0.15, -0.1) is 0 Å². The molecule has 0 spiro atoms. The average Bonchev–Trinajstić information content (AvgIpc) is 2.66. The molecule has 0 saturated heterocycles. The first-order chi connectivity index (χ1) is 12.7. The second-order valence-electron chi connectivity index (χ2n) is 6.04. The summed E-state index contributed by atoms with van der Waals surface area (Å²) in [5.41, 5.74) is 1.81. The Hall–Kier alpha value is -2.08. The first kappa shape index (κ1) is 22.0. The molecule has 6 nitrogen and oxygen atoms in total. The predicted molar refractivity (Wildman–Crippen MR) is 108 cm³/mol. The third-order valence-corrected chi connectivity index (χ3v) is 3.83. The Balaban J connectivity index is 2.36. The lowest BCUT2D eigenvalue weighted by atomic mass is 10.1. The summed E-state index contributed by atoms with van der Waals surface area (Å²) in [5, 5.41) is 9.24. The van der Waals surface area contributed by atoms with Crippen LogP contribution in [0.1, 0.15) is 49.0 Å². The van der Waals surface area contributed by atoms with Crippen LogP contribution in [0.25, 0.3) is 0 Å². The molecule has 0 aliphatic heterocycles. The van der Waals surface area contributed by atoms with E-state index in [9.17, 15) is 4.79 Å². The number of nitrogens with one attached hydrogen (secondary N) is 3. The fraction of sp³-hybridized carbons (Fsp3) is 0.600. The number of amides is 1. The Morgan fingerprint density at radius 1 is 1.15 bits per heavy atom. The highest BCUT2D eigenvalue weighted by Gasteiger charge is 2.04. The van der Waals surface area contributed by atoms with E-state index in [1.54, 1.807) is 7.05 Å². The van der Waals surface area contributed by atoms with E-state index in [-0.39, 0.29) is 5.91 Å². The smallest absolute Gasteiger partial charge is 0.251 e. The van der Waals surface area contributed by atoms with Gasteiger partial charge in [-0.3, -0.25) is 9.79 Å². The molecule has 0 heterocycles. The number of carbonyl (C=O) groups is 1. The van der Waals surface area contributed by atoms with Gasteiger partial charge in [0.25, 0.3) is 5.91 Å². The van der Waals surface area contributed by atoms with Crippen LogP contribution >= 0.6 is 0 Å². The lowest BCUT2D eigenvalue weighted by Gasteiger charge is -2.12. The largest absolute Gasteiger partial charge is 0.381 e. The first-order valence-corrected chi connectivity index (χ1v) is 9.62. The van der Waals surface area contributed by atoms with E-state index in [2.05, 4.69) is 34.8 Å². The van der Waals surface area contributed by atoms with E-state index in [4.69, 9.17) is 4.74 Å². The van der Waals surface area contributed by atoms with Crippen molar-refractivity contribution in [3.8, 4) is 0 Å². The number of ether oxygens (including phenoxy) is 1. The van der Waals surface area contributed by atoms with Crippen molar-refractivity contribution >= 4 is 11.9 Å². The zero-order chi connectivity index (χ0) is 19.0. The second-order valence-corrected chi connectivity index (χ2v) is 6.04. The number of carbonyl (C=O) groups excluding carboxylic acids is 1. The quantitative estimate of drug-likeness (QED) is 0.303. The van der Waals surface area contributed by atoms with Crippen molar-refractivity contribution in [3.63, 3.8) is 0 Å². The van der Waals surface area contributed by atoms with Crippen LogP contribution in [0.5, 0.6) is 0 Å². The van der Waals surface area contributed by atoms with E-state index < -0.39 is 0 Å². The Bertz CT molecular complexity index is 546. The van der Waals surface area contributed by atoms with Crippen LogP contribution in [0.4, 0.5) is 0 Å². The molecule has 0 radical (unpaired) electrons. The monoisotopic (exact) mass is 362 g/mol. The Morgan fingerprint density at radius 2 is 1.96 bits per heavy atom. The normalized spacial score (nSPS) is 11.3. The summed E-state index contributed by atoms with van der Waals surface area (Å²) in [5.74, 6) is 0.763. The first-order valence-electron chi connectivity index (χ1n) is 9.62. The minimum absolute atomic E-state index is 0.0594. The molecule has 0 bridgehead atoms. The molecule has 0 aliphatic rings. The summed E-state index contributed by atoms with van der Waals surface area (Å²) in [6.07, 6.45) is 4.04. The SMILES string of the molecule is CCCCOCCCN=C(NCC)NCCc1cccc(C(=O)NC)c1. The lowest BCUT2D eigenvalue weighted by molar-refractivity contribution is 0.0963. The number of aliphatic imine (C=N–C) groups is 1. The molecule has 0 atom stereocenters. The minimum Gasteiger partial charge on any atom is -0.381 e. The van der Waals surface area contributed by atoms with Crippen LogP contribution in [0, 0.1) is 0 Å². The number of benzene rings is 1. The Labute approximate surface area is 157 Å². The third kappa shape index (κ3) is 9.42. The third-order valence-electron chi connectivity index (χ3n) is 3.83. The summed E-state index contributed by atoms with van der Waals surface area (Å²) in [7, 11) is 1.64. The van der Waals surface area contributed by atoms with Gasteiger partial charge in [-0.1, -0.05) is 25.5 Å². The summed E-state index contributed by atoms with van der Waals surface area (Å²) in [4.78, 5) is 16.3. The molecule has 1 aromatic carbocycles. The van der Waals surface area contributed by atoms with Gasteiger partial charge < -0.3 is 20.7 Å². The molecule has 6 heteroatoms. The molecule has 3 N–H and O–H groups in total. The van der Waals surface area contributed by atoms with Gasteiger partial charge in [0.1, 0.15) is 0 Å². The van der Waals surface area contributed by atoms with Crippen molar-refractivity contribution in [2.75, 3.05) is 39.9 Å². The zero-order valence-electron chi connectivity index (χ0n) is 16.4. The van der Waals surface area contributed by atoms with Crippen molar-refractivity contribution in [2.45, 2.75) is 39.5 Å². The van der Waals surface area contributed by atoms with Gasteiger partial charge in [0.2, 0.25) is 0 Å². The van der Waals surface area contributed by atoms with Crippen LogP contribution in [0.3, 0.4) is 0 Å². The van der Waals surface area contributed by atoms with E-state index in [0.717, 1.165) is 63.6 Å². The van der Waals surface area contributed by atoms with Gasteiger partial charge in [0.15, 0.2) is 5.96 Å². The highest BCUT2D eigenvalue weighted by Crippen LogP contribution is 2.05. The fourth-order valence-electron chi connectivity index (χ4n) is 2.39. The number of hydrogen-bond donors (Lipinski definition) is 3. The summed E-state index contributed by atoms with van der Waals surface area (Å²) < 4.78 is 5.55. The molecule has 1 amide bonds. The topological polar surface area (TPSA) is 74.8 Å². The maximum atomic E-state index is 11.7. The van der Waals surface area contributed by atoms with E-state index in [1.807, 2.05) is 24.3 Å². The standard InChI is InChI=1S/C20H34N4O2/c1-4-6-14-26-15-8-12-23-20(22-5-2)24-13-11-17-9-7-10-18(16-17)19(25)21-3/h7,9-10,16H,4-6,8,11-15H2,1-3H3,(H,21,25)(H2,22,23,24). The molecule has 0 saturated carbocycles. The summed E-state index contributed by atoms with van der Waals surface area (Å²) in [6.45, 7) is 8.15. The van der Waals surface area contributed by atoms with Gasteiger partial charge in [-0.05, 0) is 43.9 Å². The van der Waals surface area contributed by atoms with Gasteiger partial charge in [-0.2, -0.15) is 0 Å². The molecular formula is C20H34N4O2. The van der Waals surface area contributed by atoms with Crippen LogP contribution < -0.4 is 16.0 Å². The van der Waals surface area contributed by atoms with Crippen molar-refractivity contribution < 1.29 is 9.53 Å². The van der Waals surface area contributed by atoms with Crippen LogP contribution in [-0.4, -0.2) is 51.8 Å². The highest BCUT2D eigenvalue weighted by molar-refractivity contribution is 5.94. The predicted octanol–water partition coefficient (Wildman–Crippen LogP) is 2.35. The van der Waals surface area contributed by atoms with Crippen LogP contribution in [0.2, 0.25) is 0 Å². The number of unbranched alkanes of at least 4 members (excludes halogenated alkanes) is 1. The maximum Gasteiger partial charge on any atom is 0.251 e. The average molecular weight is 363 g/mol. The molecule has 1 aromatic rings. The molecule has 1 rings (SSSR count). The molecule has 0 aliphatic carbocycles. The zero-order valence-corrected chi connectivity index (χ0v) is 16.4.